The van der Waals surface area contributed by atoms with Crippen LogP contribution in [0.25, 0.3) is 0 Å². The third kappa shape index (κ3) is 4.07. The molecule has 0 aliphatic heterocycles. The van der Waals surface area contributed by atoms with Gasteiger partial charge < -0.3 is 5.32 Å². The molecule has 0 heterocycles. The molecule has 0 radical (unpaired) electrons. The average Bonchev–Trinajstić information content (AvgIpc) is 2.26. The van der Waals surface area contributed by atoms with Crippen molar-refractivity contribution in [1.82, 2.24) is 5.32 Å². The fraction of sp³-hybridized carbons (Fsp3) is 0.562. The molecule has 19 heavy (non-hydrogen) atoms. The summed E-state index contributed by atoms with van der Waals surface area (Å²) < 4.78 is 0.960. The quantitative estimate of drug-likeness (QED) is 0.855. The van der Waals surface area contributed by atoms with Crippen LogP contribution in [0.3, 0.4) is 0 Å². The molecule has 1 unspecified atom stereocenters. The first-order chi connectivity index (χ1) is 8.85. The van der Waals surface area contributed by atoms with Crippen LogP contribution in [0.1, 0.15) is 55.5 Å². The molecule has 0 aromatic heterocycles. The van der Waals surface area contributed by atoms with Gasteiger partial charge >= 0.3 is 0 Å². The Morgan fingerprint density at radius 2 is 2.11 bits per heavy atom. The van der Waals surface area contributed by atoms with E-state index in [9.17, 15) is 4.79 Å². The van der Waals surface area contributed by atoms with Crippen molar-refractivity contribution in [3.63, 3.8) is 0 Å². The number of halogens is 1. The minimum absolute atomic E-state index is 0.0482. The lowest BCUT2D eigenvalue weighted by Gasteiger charge is -2.35. The molecule has 1 aromatic carbocycles. The Labute approximate surface area is 124 Å². The Morgan fingerprint density at radius 3 is 2.74 bits per heavy atom. The minimum Gasteiger partial charge on any atom is -0.349 e. The van der Waals surface area contributed by atoms with Gasteiger partial charge in [-0.1, -0.05) is 36.2 Å². The lowest BCUT2D eigenvalue weighted by molar-refractivity contribution is 0.0902. The van der Waals surface area contributed by atoms with Crippen LogP contribution in [0.4, 0.5) is 0 Å². The van der Waals surface area contributed by atoms with Gasteiger partial charge in [0.1, 0.15) is 0 Å². The second kappa shape index (κ2) is 5.66. The zero-order chi connectivity index (χ0) is 14.0. The highest BCUT2D eigenvalue weighted by Crippen LogP contribution is 2.35. The third-order valence-electron chi connectivity index (χ3n) is 3.84. The molecule has 1 aromatic rings. The molecule has 2 rings (SSSR count). The van der Waals surface area contributed by atoms with E-state index in [0.717, 1.165) is 28.4 Å². The first kappa shape index (κ1) is 14.6. The number of carbonyl (C=O) groups excluding carboxylic acids is 1. The number of hydrogen-bond donors (Lipinski definition) is 1. The van der Waals surface area contributed by atoms with Crippen molar-refractivity contribution in [2.75, 3.05) is 0 Å². The Hall–Kier alpha value is -0.830. The largest absolute Gasteiger partial charge is 0.349 e. The van der Waals surface area contributed by atoms with E-state index >= 15 is 0 Å². The molecule has 1 aliphatic rings. The van der Waals surface area contributed by atoms with Gasteiger partial charge in [-0.25, -0.2) is 0 Å². The van der Waals surface area contributed by atoms with Crippen molar-refractivity contribution >= 4 is 21.8 Å². The number of carbonyl (C=O) groups is 1. The monoisotopic (exact) mass is 323 g/mol. The molecule has 0 saturated heterocycles. The maximum Gasteiger partial charge on any atom is 0.251 e. The molecular formula is C16H22BrNO. The summed E-state index contributed by atoms with van der Waals surface area (Å²) in [5.41, 5.74) is 2.20. The van der Waals surface area contributed by atoms with Crippen LogP contribution in [0.2, 0.25) is 0 Å². The van der Waals surface area contributed by atoms with E-state index in [1.54, 1.807) is 0 Å². The minimum atomic E-state index is 0.0482. The highest BCUT2D eigenvalue weighted by Gasteiger charge is 2.28. The van der Waals surface area contributed by atoms with Crippen LogP contribution in [0.5, 0.6) is 0 Å². The first-order valence-corrected chi connectivity index (χ1v) is 7.73. The number of rotatable bonds is 2. The Balaban J connectivity index is 2.04. The van der Waals surface area contributed by atoms with Gasteiger partial charge in [-0.2, -0.15) is 0 Å². The van der Waals surface area contributed by atoms with Gasteiger partial charge in [0, 0.05) is 16.1 Å². The van der Waals surface area contributed by atoms with E-state index in [0.29, 0.717) is 11.5 Å². The lowest BCUT2D eigenvalue weighted by atomic mass is 9.75. The maximum absolute atomic E-state index is 12.3. The van der Waals surface area contributed by atoms with Gasteiger partial charge in [-0.15, -0.1) is 0 Å². The van der Waals surface area contributed by atoms with Crippen LogP contribution in [-0.2, 0) is 0 Å². The Bertz CT molecular complexity index is 461. The number of amides is 1. The first-order valence-electron chi connectivity index (χ1n) is 6.94. The third-order valence-corrected chi connectivity index (χ3v) is 4.30. The molecule has 3 heteroatoms. The van der Waals surface area contributed by atoms with Crippen molar-refractivity contribution < 1.29 is 4.79 Å². The predicted molar refractivity (Wildman–Crippen MR) is 82.4 cm³/mol. The second-order valence-corrected chi connectivity index (χ2v) is 7.36. The van der Waals surface area contributed by atoms with Crippen LogP contribution >= 0.6 is 15.9 Å². The molecule has 2 nitrogen and oxygen atoms in total. The van der Waals surface area contributed by atoms with E-state index in [1.807, 2.05) is 25.1 Å². The summed E-state index contributed by atoms with van der Waals surface area (Å²) >= 11 is 3.44. The van der Waals surface area contributed by atoms with Crippen LogP contribution in [-0.4, -0.2) is 11.9 Å². The molecule has 1 amide bonds. The summed E-state index contributed by atoms with van der Waals surface area (Å²) in [6.07, 6.45) is 4.64. The van der Waals surface area contributed by atoms with Crippen LogP contribution in [0.15, 0.2) is 22.7 Å². The molecule has 104 valence electrons. The number of hydrogen-bond acceptors (Lipinski definition) is 1. The highest BCUT2D eigenvalue weighted by atomic mass is 79.9. The van der Waals surface area contributed by atoms with Crippen molar-refractivity contribution in [2.24, 2.45) is 5.41 Å². The van der Waals surface area contributed by atoms with Crippen molar-refractivity contribution in [2.45, 2.75) is 52.5 Å². The topological polar surface area (TPSA) is 29.1 Å². The highest BCUT2D eigenvalue weighted by molar-refractivity contribution is 9.10. The van der Waals surface area contributed by atoms with Crippen molar-refractivity contribution in [3.8, 4) is 0 Å². The summed E-state index contributed by atoms with van der Waals surface area (Å²) in [5, 5.41) is 3.19. The molecular weight excluding hydrogens is 302 g/mol. The van der Waals surface area contributed by atoms with E-state index in [4.69, 9.17) is 0 Å². The molecule has 1 fully saturated rings. The molecule has 1 atom stereocenters. The lowest BCUT2D eigenvalue weighted by Crippen LogP contribution is -2.40. The van der Waals surface area contributed by atoms with Gasteiger partial charge in [0.25, 0.3) is 5.91 Å². The summed E-state index contributed by atoms with van der Waals surface area (Å²) in [5.74, 6) is 0.0482. The van der Waals surface area contributed by atoms with Gasteiger partial charge in [-0.3, -0.25) is 4.79 Å². The zero-order valence-corrected chi connectivity index (χ0v) is 13.5. The maximum atomic E-state index is 12.3. The molecule has 1 aliphatic carbocycles. The van der Waals surface area contributed by atoms with Crippen molar-refractivity contribution in [1.29, 1.82) is 0 Å². The van der Waals surface area contributed by atoms with Gasteiger partial charge in [0.05, 0.1) is 0 Å². The molecule has 0 bridgehead atoms. The smallest absolute Gasteiger partial charge is 0.251 e. The van der Waals surface area contributed by atoms with Gasteiger partial charge in [0.2, 0.25) is 0 Å². The van der Waals surface area contributed by atoms with E-state index in [-0.39, 0.29) is 5.91 Å². The summed E-state index contributed by atoms with van der Waals surface area (Å²) in [6, 6.07) is 6.15. The number of benzene rings is 1. The molecule has 1 N–H and O–H groups in total. The van der Waals surface area contributed by atoms with E-state index < -0.39 is 0 Å². The number of aryl methyl sites for hydroxylation is 1. The van der Waals surface area contributed by atoms with E-state index in [2.05, 4.69) is 35.1 Å². The zero-order valence-electron chi connectivity index (χ0n) is 11.9. The predicted octanol–water partition coefficient (Wildman–Crippen LogP) is 4.46. The Morgan fingerprint density at radius 1 is 1.37 bits per heavy atom. The second-order valence-electron chi connectivity index (χ2n) is 6.45. The summed E-state index contributed by atoms with van der Waals surface area (Å²) in [7, 11) is 0. The summed E-state index contributed by atoms with van der Waals surface area (Å²) in [6.45, 7) is 6.58. The Kier molecular flexibility index (Phi) is 4.34. The molecule has 1 saturated carbocycles. The normalized spacial score (nSPS) is 22.0. The van der Waals surface area contributed by atoms with Crippen LogP contribution in [0, 0.1) is 12.3 Å². The van der Waals surface area contributed by atoms with Crippen LogP contribution < -0.4 is 5.32 Å². The number of nitrogens with one attached hydrogen (secondary N) is 1. The van der Waals surface area contributed by atoms with Gasteiger partial charge in [-0.05, 0) is 55.4 Å². The molecule has 0 spiro atoms. The average molecular weight is 324 g/mol. The standard InChI is InChI=1S/C16H22BrNO/c1-11-7-12(9-13(17)8-11)15(19)18-14-5-4-6-16(2,3)10-14/h7-9,14H,4-6,10H2,1-3H3,(H,18,19). The fourth-order valence-corrected chi connectivity index (χ4v) is 3.57. The van der Waals surface area contributed by atoms with E-state index in [1.165, 1.54) is 12.8 Å². The van der Waals surface area contributed by atoms with Crippen molar-refractivity contribution in [3.05, 3.63) is 33.8 Å². The van der Waals surface area contributed by atoms with Gasteiger partial charge in [0.15, 0.2) is 0 Å². The summed E-state index contributed by atoms with van der Waals surface area (Å²) in [4.78, 5) is 12.3. The fourth-order valence-electron chi connectivity index (χ4n) is 2.96. The SMILES string of the molecule is Cc1cc(Br)cc(C(=O)NC2CCCC(C)(C)C2)c1.